The molecule has 0 saturated carbocycles. The monoisotopic (exact) mass is 179 g/mol. The molecule has 1 heterocycles. The second-order valence-electron chi connectivity index (χ2n) is 1.84. The van der Waals surface area contributed by atoms with Crippen LogP contribution in [-0.2, 0) is 0 Å². The topological polar surface area (TPSA) is 50.9 Å². The molecule has 0 saturated heterocycles. The third kappa shape index (κ3) is 2.67. The Kier molecular flexibility index (Phi) is 2.58. The highest BCUT2D eigenvalue weighted by Crippen LogP contribution is 2.19. The number of nitrogens with zero attached hydrogens (tertiary/aromatic N) is 1. The molecule has 0 aromatic carbocycles. The summed E-state index contributed by atoms with van der Waals surface area (Å²) in [6.07, 6.45) is -0.932. The number of nitrogens with one attached hydrogen (secondary N) is 1. The summed E-state index contributed by atoms with van der Waals surface area (Å²) in [5, 5.41) is 3.39. The van der Waals surface area contributed by atoms with Crippen molar-refractivity contribution in [3.8, 4) is 0 Å². The Morgan fingerprint density at radius 1 is 1.73 bits per heavy atom. The lowest BCUT2D eigenvalue weighted by Gasteiger charge is -1.98. The van der Waals surface area contributed by atoms with Crippen LogP contribution < -0.4 is 11.1 Å². The lowest BCUT2D eigenvalue weighted by molar-refractivity contribution is 0.163. The number of hydrogen-bond donors (Lipinski definition) is 2. The van der Waals surface area contributed by atoms with E-state index in [1.165, 1.54) is 6.20 Å². The van der Waals surface area contributed by atoms with E-state index >= 15 is 0 Å². The first-order valence-corrected chi connectivity index (χ1v) is 3.73. The number of anilines is 2. The average molecular weight is 179 g/mol. The first kappa shape index (κ1) is 8.19. The van der Waals surface area contributed by atoms with Crippen molar-refractivity contribution in [2.24, 2.45) is 0 Å². The van der Waals surface area contributed by atoms with Gasteiger partial charge in [0.1, 0.15) is 5.00 Å². The van der Waals surface area contributed by atoms with Crippen molar-refractivity contribution in [2.75, 3.05) is 17.6 Å². The zero-order valence-corrected chi connectivity index (χ0v) is 6.37. The van der Waals surface area contributed by atoms with Crippen LogP contribution in [0.25, 0.3) is 0 Å². The van der Waals surface area contributed by atoms with E-state index in [1.807, 2.05) is 0 Å². The Hall–Kier alpha value is -0.910. The van der Waals surface area contributed by atoms with Crippen LogP contribution in [0.15, 0.2) is 6.20 Å². The molecule has 0 aliphatic heterocycles. The summed E-state index contributed by atoms with van der Waals surface area (Å²) in [5.41, 5.74) is 5.31. The number of thiazole rings is 1. The van der Waals surface area contributed by atoms with Crippen molar-refractivity contribution >= 4 is 21.5 Å². The molecule has 0 unspecified atom stereocenters. The first-order chi connectivity index (χ1) is 5.18. The Morgan fingerprint density at radius 3 is 2.91 bits per heavy atom. The SMILES string of the molecule is Nc1cnc(NCC(F)F)s1. The molecular formula is C5H7F2N3S. The number of aromatic nitrogens is 1. The molecule has 0 amide bonds. The Morgan fingerprint density at radius 2 is 2.45 bits per heavy atom. The second kappa shape index (κ2) is 3.47. The van der Waals surface area contributed by atoms with Gasteiger partial charge < -0.3 is 11.1 Å². The van der Waals surface area contributed by atoms with Gasteiger partial charge in [0.2, 0.25) is 0 Å². The minimum Gasteiger partial charge on any atom is -0.389 e. The van der Waals surface area contributed by atoms with Gasteiger partial charge in [0.05, 0.1) is 12.7 Å². The second-order valence-corrected chi connectivity index (χ2v) is 2.90. The predicted molar refractivity (Wildman–Crippen MR) is 41.0 cm³/mol. The number of alkyl halides is 2. The quantitative estimate of drug-likeness (QED) is 0.737. The lowest BCUT2D eigenvalue weighted by Crippen LogP contribution is -2.09. The minimum atomic E-state index is -2.36. The summed E-state index contributed by atoms with van der Waals surface area (Å²) in [6, 6.07) is 0. The Balaban J connectivity index is 2.39. The van der Waals surface area contributed by atoms with Crippen LogP contribution in [0.5, 0.6) is 0 Å². The van der Waals surface area contributed by atoms with Crippen LogP contribution in [0.2, 0.25) is 0 Å². The van der Waals surface area contributed by atoms with Crippen molar-refractivity contribution in [2.45, 2.75) is 6.43 Å². The van der Waals surface area contributed by atoms with Crippen molar-refractivity contribution in [3.05, 3.63) is 6.20 Å². The summed E-state index contributed by atoms with van der Waals surface area (Å²) in [5.74, 6) is 0. The molecule has 0 spiro atoms. The number of nitrogens with two attached hydrogens (primary N) is 1. The molecule has 0 radical (unpaired) electrons. The van der Waals surface area contributed by atoms with Gasteiger partial charge in [-0.15, -0.1) is 0 Å². The maximum Gasteiger partial charge on any atom is 0.255 e. The molecule has 3 nitrogen and oxygen atoms in total. The maximum atomic E-state index is 11.6. The van der Waals surface area contributed by atoms with Gasteiger partial charge in [-0.05, 0) is 0 Å². The zero-order chi connectivity index (χ0) is 8.27. The maximum absolute atomic E-state index is 11.6. The van der Waals surface area contributed by atoms with E-state index in [0.717, 1.165) is 11.3 Å². The van der Waals surface area contributed by atoms with Crippen LogP contribution >= 0.6 is 11.3 Å². The van der Waals surface area contributed by atoms with Gasteiger partial charge in [-0.3, -0.25) is 0 Å². The molecule has 11 heavy (non-hydrogen) atoms. The summed E-state index contributed by atoms with van der Waals surface area (Å²) in [6.45, 7) is -0.382. The molecule has 0 atom stereocenters. The molecule has 62 valence electrons. The van der Waals surface area contributed by atoms with Crippen molar-refractivity contribution in [1.29, 1.82) is 0 Å². The number of hydrogen-bond acceptors (Lipinski definition) is 4. The largest absolute Gasteiger partial charge is 0.389 e. The Bertz CT molecular complexity index is 225. The molecule has 1 aromatic rings. The fourth-order valence-corrected chi connectivity index (χ4v) is 1.12. The van der Waals surface area contributed by atoms with Gasteiger partial charge >= 0.3 is 0 Å². The van der Waals surface area contributed by atoms with Gasteiger partial charge in [-0.2, -0.15) is 0 Å². The highest BCUT2D eigenvalue weighted by molar-refractivity contribution is 7.19. The fraction of sp³-hybridized carbons (Fsp3) is 0.400. The molecule has 1 aromatic heterocycles. The van der Waals surface area contributed by atoms with Gasteiger partial charge in [0.25, 0.3) is 6.43 Å². The summed E-state index contributed by atoms with van der Waals surface area (Å²) >= 11 is 1.15. The number of nitrogen functional groups attached to an aromatic ring is 1. The van der Waals surface area contributed by atoms with E-state index in [9.17, 15) is 8.78 Å². The van der Waals surface area contributed by atoms with Gasteiger partial charge in [-0.25, -0.2) is 13.8 Å². The predicted octanol–water partition coefficient (Wildman–Crippen LogP) is 1.40. The van der Waals surface area contributed by atoms with Crippen LogP contribution in [0, 0.1) is 0 Å². The Labute approximate surface area is 66.2 Å². The summed E-state index contributed by atoms with van der Waals surface area (Å²) in [7, 11) is 0. The molecular weight excluding hydrogens is 172 g/mol. The molecule has 1 rings (SSSR count). The minimum absolute atomic E-state index is 0.382. The molecule has 0 aliphatic carbocycles. The van der Waals surface area contributed by atoms with E-state index in [4.69, 9.17) is 5.73 Å². The van der Waals surface area contributed by atoms with Gasteiger partial charge in [0, 0.05) is 0 Å². The molecule has 0 bridgehead atoms. The zero-order valence-electron chi connectivity index (χ0n) is 5.55. The number of halogens is 2. The van der Waals surface area contributed by atoms with E-state index in [2.05, 4.69) is 10.3 Å². The van der Waals surface area contributed by atoms with Gasteiger partial charge in [0.15, 0.2) is 5.13 Å². The third-order valence-electron chi connectivity index (χ3n) is 0.931. The van der Waals surface area contributed by atoms with Gasteiger partial charge in [-0.1, -0.05) is 11.3 Å². The van der Waals surface area contributed by atoms with Crippen molar-refractivity contribution < 1.29 is 8.78 Å². The normalized spacial score (nSPS) is 10.5. The summed E-state index contributed by atoms with van der Waals surface area (Å²) in [4.78, 5) is 3.74. The molecule has 0 aliphatic rings. The summed E-state index contributed by atoms with van der Waals surface area (Å²) < 4.78 is 23.2. The first-order valence-electron chi connectivity index (χ1n) is 2.92. The van der Waals surface area contributed by atoms with Crippen LogP contribution in [0.4, 0.5) is 18.9 Å². The average Bonchev–Trinajstić information content (AvgIpc) is 2.31. The van der Waals surface area contributed by atoms with E-state index in [1.54, 1.807) is 0 Å². The van der Waals surface area contributed by atoms with Crippen LogP contribution in [0.3, 0.4) is 0 Å². The lowest BCUT2D eigenvalue weighted by atomic mass is 10.7. The smallest absolute Gasteiger partial charge is 0.255 e. The van der Waals surface area contributed by atoms with E-state index < -0.39 is 6.43 Å². The fourth-order valence-electron chi connectivity index (χ4n) is 0.533. The molecule has 3 N–H and O–H groups in total. The third-order valence-corrected chi connectivity index (χ3v) is 1.72. The van der Waals surface area contributed by atoms with E-state index in [0.29, 0.717) is 10.1 Å². The standard InChI is InChI=1S/C5H7F2N3S/c6-3(7)1-9-5-10-2-4(8)11-5/h2-3H,1,8H2,(H,9,10). The molecule has 0 fully saturated rings. The number of rotatable bonds is 3. The van der Waals surface area contributed by atoms with Crippen molar-refractivity contribution in [1.82, 2.24) is 4.98 Å². The highest BCUT2D eigenvalue weighted by atomic mass is 32.1. The van der Waals surface area contributed by atoms with Crippen LogP contribution in [0.1, 0.15) is 0 Å². The van der Waals surface area contributed by atoms with Crippen molar-refractivity contribution in [3.63, 3.8) is 0 Å². The van der Waals surface area contributed by atoms with Crippen LogP contribution in [-0.4, -0.2) is 18.0 Å². The highest BCUT2D eigenvalue weighted by Gasteiger charge is 2.03. The molecule has 6 heteroatoms. The van der Waals surface area contributed by atoms with E-state index in [-0.39, 0.29) is 6.54 Å².